The number of likely N-dealkylation sites (tertiary alicyclic amines) is 1. The Morgan fingerprint density at radius 2 is 2.16 bits per heavy atom. The number of hydrogen-bond acceptors (Lipinski definition) is 2. The van der Waals surface area contributed by atoms with Crippen LogP contribution < -0.4 is 5.32 Å². The Bertz CT molecular complexity index is 409. The SMILES string of the molecule is CNC1CCC(C)CN(CC2=CC(C)(C)C=C2)C1=O. The second kappa shape index (κ2) is 5.49. The largest absolute Gasteiger partial charge is 0.337 e. The van der Waals surface area contributed by atoms with Gasteiger partial charge in [-0.2, -0.15) is 0 Å². The van der Waals surface area contributed by atoms with E-state index >= 15 is 0 Å². The van der Waals surface area contributed by atoms with E-state index in [2.05, 4.69) is 44.3 Å². The van der Waals surface area contributed by atoms with Gasteiger partial charge in [-0.05, 0) is 31.4 Å². The van der Waals surface area contributed by atoms with Crippen molar-refractivity contribution < 1.29 is 4.79 Å². The Balaban J connectivity index is 2.09. The molecule has 0 aromatic heterocycles. The van der Waals surface area contributed by atoms with Crippen LogP contribution in [0.5, 0.6) is 0 Å². The Labute approximate surface area is 116 Å². The lowest BCUT2D eigenvalue weighted by Gasteiger charge is -2.25. The van der Waals surface area contributed by atoms with Gasteiger partial charge in [0.15, 0.2) is 0 Å². The number of carbonyl (C=O) groups excluding carboxylic acids is 1. The van der Waals surface area contributed by atoms with E-state index in [9.17, 15) is 4.79 Å². The van der Waals surface area contributed by atoms with Crippen molar-refractivity contribution in [3.8, 4) is 0 Å². The van der Waals surface area contributed by atoms with Crippen LogP contribution in [0.2, 0.25) is 0 Å². The Kier molecular flexibility index (Phi) is 4.14. The molecule has 0 bridgehead atoms. The van der Waals surface area contributed by atoms with Crippen molar-refractivity contribution in [1.82, 2.24) is 10.2 Å². The van der Waals surface area contributed by atoms with Gasteiger partial charge in [-0.3, -0.25) is 4.79 Å². The predicted molar refractivity (Wildman–Crippen MR) is 78.8 cm³/mol. The highest BCUT2D eigenvalue weighted by atomic mass is 16.2. The molecule has 2 rings (SSSR count). The van der Waals surface area contributed by atoms with Gasteiger partial charge in [-0.15, -0.1) is 0 Å². The average molecular weight is 262 g/mol. The summed E-state index contributed by atoms with van der Waals surface area (Å²) >= 11 is 0. The molecule has 0 radical (unpaired) electrons. The minimum Gasteiger partial charge on any atom is -0.337 e. The number of allylic oxidation sites excluding steroid dienone is 2. The van der Waals surface area contributed by atoms with Crippen molar-refractivity contribution in [3.05, 3.63) is 23.8 Å². The number of nitrogens with one attached hydrogen (secondary N) is 1. The molecule has 3 heteroatoms. The van der Waals surface area contributed by atoms with Crippen LogP contribution in [0.4, 0.5) is 0 Å². The third-order valence-electron chi connectivity index (χ3n) is 4.10. The maximum atomic E-state index is 12.5. The summed E-state index contributed by atoms with van der Waals surface area (Å²) in [7, 11) is 1.88. The Hall–Kier alpha value is -1.09. The van der Waals surface area contributed by atoms with Crippen molar-refractivity contribution in [2.75, 3.05) is 20.1 Å². The zero-order valence-corrected chi connectivity index (χ0v) is 12.6. The van der Waals surface area contributed by atoms with Crippen LogP contribution in [0.1, 0.15) is 33.6 Å². The van der Waals surface area contributed by atoms with Crippen molar-refractivity contribution in [2.24, 2.45) is 11.3 Å². The Morgan fingerprint density at radius 1 is 1.42 bits per heavy atom. The van der Waals surface area contributed by atoms with Gasteiger partial charge < -0.3 is 10.2 Å². The highest BCUT2D eigenvalue weighted by Gasteiger charge is 2.29. The van der Waals surface area contributed by atoms with Gasteiger partial charge in [-0.25, -0.2) is 0 Å². The molecule has 2 aliphatic rings. The molecule has 0 aromatic rings. The summed E-state index contributed by atoms with van der Waals surface area (Å²) in [4.78, 5) is 14.5. The van der Waals surface area contributed by atoms with E-state index < -0.39 is 0 Å². The molecule has 1 saturated heterocycles. The standard InChI is InChI=1S/C16H26N2O/c1-12-5-6-14(17-4)15(19)18(10-12)11-13-7-8-16(2,3)9-13/h7-9,12,14,17H,5-6,10-11H2,1-4H3. The van der Waals surface area contributed by atoms with Gasteiger partial charge in [0.2, 0.25) is 5.91 Å². The van der Waals surface area contributed by atoms with Crippen LogP contribution in [-0.4, -0.2) is 37.0 Å². The molecule has 19 heavy (non-hydrogen) atoms. The molecule has 1 amide bonds. The minimum absolute atomic E-state index is 0.0102. The quantitative estimate of drug-likeness (QED) is 0.847. The van der Waals surface area contributed by atoms with Crippen LogP contribution in [-0.2, 0) is 4.79 Å². The topological polar surface area (TPSA) is 32.3 Å². The van der Waals surface area contributed by atoms with Gasteiger partial charge >= 0.3 is 0 Å². The maximum absolute atomic E-state index is 12.5. The number of carbonyl (C=O) groups is 1. The average Bonchev–Trinajstić information content (AvgIpc) is 2.61. The molecular weight excluding hydrogens is 236 g/mol. The molecule has 2 atom stereocenters. The van der Waals surface area contributed by atoms with E-state index in [1.54, 1.807) is 0 Å². The fraction of sp³-hybridized carbons (Fsp3) is 0.688. The predicted octanol–water partition coefficient (Wildman–Crippen LogP) is 2.36. The first-order valence-electron chi connectivity index (χ1n) is 7.28. The molecule has 1 fully saturated rings. The monoisotopic (exact) mass is 262 g/mol. The van der Waals surface area contributed by atoms with Crippen LogP contribution in [0.15, 0.2) is 23.8 Å². The lowest BCUT2D eigenvalue weighted by Crippen LogP contribution is -2.44. The van der Waals surface area contributed by atoms with E-state index in [1.165, 1.54) is 5.57 Å². The van der Waals surface area contributed by atoms with Gasteiger partial charge in [-0.1, -0.05) is 39.0 Å². The molecule has 106 valence electrons. The third kappa shape index (κ3) is 3.47. The summed E-state index contributed by atoms with van der Waals surface area (Å²) in [5.74, 6) is 0.840. The van der Waals surface area contributed by atoms with Crippen LogP contribution >= 0.6 is 0 Å². The second-order valence-corrected chi connectivity index (χ2v) is 6.62. The van der Waals surface area contributed by atoms with Gasteiger partial charge in [0.25, 0.3) is 0 Å². The third-order valence-corrected chi connectivity index (χ3v) is 4.10. The summed E-state index contributed by atoms with van der Waals surface area (Å²) in [5, 5.41) is 3.16. The van der Waals surface area contributed by atoms with Crippen LogP contribution in [0, 0.1) is 11.3 Å². The van der Waals surface area contributed by atoms with Crippen molar-refractivity contribution in [1.29, 1.82) is 0 Å². The highest BCUT2D eigenvalue weighted by Crippen LogP contribution is 2.29. The molecule has 3 nitrogen and oxygen atoms in total. The molecule has 0 aromatic carbocycles. The number of hydrogen-bond donors (Lipinski definition) is 1. The first-order valence-corrected chi connectivity index (χ1v) is 7.28. The summed E-state index contributed by atoms with van der Waals surface area (Å²) in [6.45, 7) is 8.25. The lowest BCUT2D eigenvalue weighted by atomic mass is 9.96. The molecule has 1 aliphatic carbocycles. The molecule has 2 unspecified atom stereocenters. The Morgan fingerprint density at radius 3 is 2.74 bits per heavy atom. The first kappa shape index (κ1) is 14.3. The molecule has 0 spiro atoms. The molecule has 0 saturated carbocycles. The van der Waals surface area contributed by atoms with E-state index in [0.29, 0.717) is 5.92 Å². The number of rotatable bonds is 3. The lowest BCUT2D eigenvalue weighted by molar-refractivity contribution is -0.132. The number of amides is 1. The van der Waals surface area contributed by atoms with Crippen LogP contribution in [0.25, 0.3) is 0 Å². The van der Waals surface area contributed by atoms with Gasteiger partial charge in [0.05, 0.1) is 6.04 Å². The molecular formula is C16H26N2O. The fourth-order valence-corrected chi connectivity index (χ4v) is 2.98. The summed E-state index contributed by atoms with van der Waals surface area (Å²) < 4.78 is 0. The summed E-state index contributed by atoms with van der Waals surface area (Å²) in [5.41, 5.74) is 1.40. The van der Waals surface area contributed by atoms with E-state index in [4.69, 9.17) is 0 Å². The van der Waals surface area contributed by atoms with Gasteiger partial charge in [0, 0.05) is 18.5 Å². The van der Waals surface area contributed by atoms with Crippen molar-refractivity contribution in [2.45, 2.75) is 39.7 Å². The number of likely N-dealkylation sites (N-methyl/N-ethyl adjacent to an activating group) is 1. The summed E-state index contributed by atoms with van der Waals surface area (Å²) in [6.07, 6.45) is 8.71. The second-order valence-electron chi connectivity index (χ2n) is 6.62. The summed E-state index contributed by atoms with van der Waals surface area (Å²) in [6, 6.07) is -0.0102. The van der Waals surface area contributed by atoms with Gasteiger partial charge in [0.1, 0.15) is 0 Å². The van der Waals surface area contributed by atoms with Crippen molar-refractivity contribution >= 4 is 5.91 Å². The zero-order valence-electron chi connectivity index (χ0n) is 12.6. The molecule has 1 N–H and O–H groups in total. The maximum Gasteiger partial charge on any atom is 0.240 e. The van der Waals surface area contributed by atoms with Crippen molar-refractivity contribution in [3.63, 3.8) is 0 Å². The number of nitrogens with zero attached hydrogens (tertiary/aromatic N) is 1. The fourth-order valence-electron chi connectivity index (χ4n) is 2.98. The normalized spacial score (nSPS) is 30.4. The van der Waals surface area contributed by atoms with E-state index in [-0.39, 0.29) is 17.4 Å². The van der Waals surface area contributed by atoms with Crippen LogP contribution in [0.3, 0.4) is 0 Å². The minimum atomic E-state index is -0.0102. The molecule has 1 heterocycles. The zero-order chi connectivity index (χ0) is 14.0. The first-order chi connectivity index (χ1) is 8.91. The van der Waals surface area contributed by atoms with E-state index in [0.717, 1.165) is 25.9 Å². The molecule has 1 aliphatic heterocycles. The smallest absolute Gasteiger partial charge is 0.240 e. The highest BCUT2D eigenvalue weighted by molar-refractivity contribution is 5.82. The van der Waals surface area contributed by atoms with E-state index in [1.807, 2.05) is 11.9 Å².